The van der Waals surface area contributed by atoms with Gasteiger partial charge in [-0.05, 0) is 37.3 Å². The van der Waals surface area contributed by atoms with Gasteiger partial charge in [0.2, 0.25) is 5.78 Å². The van der Waals surface area contributed by atoms with Crippen LogP contribution in [0.4, 0.5) is 4.39 Å². The lowest BCUT2D eigenvalue weighted by Gasteiger charge is -2.00. The van der Waals surface area contributed by atoms with E-state index in [9.17, 15) is 9.18 Å². The number of allylic oxidation sites excluding steroid dienone is 2. The fourth-order valence-corrected chi connectivity index (χ4v) is 2.06. The molecule has 0 saturated carbocycles. The smallest absolute Gasteiger partial charge is 0.306 e. The van der Waals surface area contributed by atoms with Crippen molar-refractivity contribution in [3.05, 3.63) is 60.4 Å². The van der Waals surface area contributed by atoms with Crippen molar-refractivity contribution in [2.75, 3.05) is 0 Å². The summed E-state index contributed by atoms with van der Waals surface area (Å²) in [5.41, 5.74) is 1.55. The third-order valence-electron chi connectivity index (χ3n) is 2.93. The summed E-state index contributed by atoms with van der Waals surface area (Å²) >= 11 is 0. The van der Waals surface area contributed by atoms with Crippen LogP contribution in [0.1, 0.15) is 17.4 Å². The van der Waals surface area contributed by atoms with Gasteiger partial charge in [0.1, 0.15) is 23.5 Å². The molecule has 20 heavy (non-hydrogen) atoms. The molecule has 0 spiro atoms. The zero-order chi connectivity index (χ0) is 14.1. The van der Waals surface area contributed by atoms with E-state index in [1.165, 1.54) is 24.5 Å². The van der Waals surface area contributed by atoms with E-state index in [1.54, 1.807) is 35.7 Å². The van der Waals surface area contributed by atoms with Gasteiger partial charge in [0.05, 0.1) is 0 Å². The maximum absolute atomic E-state index is 13.0. The van der Waals surface area contributed by atoms with Gasteiger partial charge in [-0.25, -0.2) is 4.39 Å². The minimum Gasteiger partial charge on any atom is -0.432 e. The van der Waals surface area contributed by atoms with Gasteiger partial charge in [0.15, 0.2) is 0 Å². The van der Waals surface area contributed by atoms with E-state index < -0.39 is 0 Å². The molecule has 0 radical (unpaired) electrons. The van der Waals surface area contributed by atoms with Gasteiger partial charge >= 0.3 is 5.84 Å². The van der Waals surface area contributed by atoms with Crippen LogP contribution in [-0.2, 0) is 0 Å². The number of fused-ring (bicyclic) bond motifs is 1. The van der Waals surface area contributed by atoms with Crippen molar-refractivity contribution < 1.29 is 13.6 Å². The van der Waals surface area contributed by atoms with Crippen LogP contribution < -0.4 is 0 Å². The molecule has 2 heterocycles. The normalized spacial score (nSPS) is 11.5. The number of carbonyl (C=O) groups excluding carboxylic acids is 1. The van der Waals surface area contributed by atoms with E-state index in [0.717, 1.165) is 0 Å². The molecule has 3 rings (SSSR count). The topological polar surface area (TPSA) is 47.5 Å². The van der Waals surface area contributed by atoms with Crippen molar-refractivity contribution in [3.63, 3.8) is 0 Å². The molecule has 0 aliphatic rings. The molecule has 100 valence electrons. The summed E-state index contributed by atoms with van der Waals surface area (Å²) in [4.78, 5) is 16.5. The molecule has 2 aromatic heterocycles. The van der Waals surface area contributed by atoms with Gasteiger partial charge in [-0.15, -0.1) is 0 Å². The zero-order valence-corrected chi connectivity index (χ0v) is 10.7. The number of hydrogen-bond donors (Lipinski definition) is 0. The monoisotopic (exact) mass is 270 g/mol. The molecule has 3 aromatic rings. The predicted molar refractivity (Wildman–Crippen MR) is 72.0 cm³/mol. The Bertz CT molecular complexity index is 797. The Labute approximate surface area is 114 Å². The minimum absolute atomic E-state index is 0.180. The fraction of sp³-hybridized carbons (Fsp3) is 0.0667. The molecule has 0 aliphatic carbocycles. The maximum Gasteiger partial charge on any atom is 0.306 e. The third-order valence-corrected chi connectivity index (χ3v) is 2.93. The number of aromatic nitrogens is 2. The average molecular weight is 270 g/mol. The summed E-state index contributed by atoms with van der Waals surface area (Å²) in [5.74, 6) is -0.184. The molecule has 0 atom stereocenters. The highest BCUT2D eigenvalue weighted by molar-refractivity contribution is 6.07. The number of ketones is 1. The molecule has 0 bridgehead atoms. The molecular formula is C15H11FN2O2. The van der Waals surface area contributed by atoms with Crippen LogP contribution in [-0.4, -0.2) is 15.2 Å². The highest BCUT2D eigenvalue weighted by atomic mass is 19.1. The van der Waals surface area contributed by atoms with Crippen molar-refractivity contribution in [2.24, 2.45) is 0 Å². The lowest BCUT2D eigenvalue weighted by atomic mass is 10.1. The van der Waals surface area contributed by atoms with E-state index >= 15 is 0 Å². The van der Waals surface area contributed by atoms with Crippen molar-refractivity contribution >= 4 is 11.6 Å². The molecule has 0 aliphatic heterocycles. The number of rotatable bonds is 3. The van der Waals surface area contributed by atoms with Crippen molar-refractivity contribution in [3.8, 4) is 11.3 Å². The van der Waals surface area contributed by atoms with Crippen LogP contribution in [0, 0.1) is 5.82 Å². The highest BCUT2D eigenvalue weighted by Crippen LogP contribution is 2.25. The number of carbonyl (C=O) groups is 1. The molecular weight excluding hydrogens is 259 g/mol. The molecule has 1 aromatic carbocycles. The minimum atomic E-state index is -0.335. The van der Waals surface area contributed by atoms with E-state index in [-0.39, 0.29) is 11.6 Å². The highest BCUT2D eigenvalue weighted by Gasteiger charge is 2.20. The Hall–Kier alpha value is -2.69. The maximum atomic E-state index is 13.0. The zero-order valence-electron chi connectivity index (χ0n) is 10.7. The average Bonchev–Trinajstić information content (AvgIpc) is 2.99. The number of hydrogen-bond acceptors (Lipinski definition) is 3. The van der Waals surface area contributed by atoms with E-state index in [1.807, 2.05) is 0 Å². The Kier molecular flexibility index (Phi) is 2.95. The first kappa shape index (κ1) is 12.3. The van der Waals surface area contributed by atoms with Gasteiger partial charge in [-0.2, -0.15) is 4.98 Å². The Morgan fingerprint density at radius 3 is 2.80 bits per heavy atom. The standard InChI is InChI=1S/C15H11FN2O2/c1-2-3-12(19)14-13(10-4-6-11(16)7-5-10)17-15-18(14)8-9-20-15/h2-9H,1H3/b3-2+. The lowest BCUT2D eigenvalue weighted by molar-refractivity contribution is 0.104. The van der Waals surface area contributed by atoms with Crippen LogP contribution in [0.15, 0.2) is 53.3 Å². The number of oxazole rings is 1. The van der Waals surface area contributed by atoms with Crippen molar-refractivity contribution in [1.82, 2.24) is 9.38 Å². The Morgan fingerprint density at radius 2 is 2.10 bits per heavy atom. The first-order valence-electron chi connectivity index (χ1n) is 6.09. The number of halogens is 1. The van der Waals surface area contributed by atoms with Crippen LogP contribution in [0.25, 0.3) is 17.1 Å². The molecule has 0 N–H and O–H groups in total. The second-order valence-corrected chi connectivity index (χ2v) is 4.24. The van der Waals surface area contributed by atoms with E-state index in [0.29, 0.717) is 22.8 Å². The molecule has 0 unspecified atom stereocenters. The summed E-state index contributed by atoms with van der Waals surface area (Å²) < 4.78 is 19.8. The SMILES string of the molecule is C/C=C/C(=O)c1c(-c2ccc(F)cc2)nc2occn12. The van der Waals surface area contributed by atoms with Crippen LogP contribution >= 0.6 is 0 Å². The molecule has 0 fully saturated rings. The first-order chi connectivity index (χ1) is 9.70. The third kappa shape index (κ3) is 1.93. The molecule has 0 saturated heterocycles. The largest absolute Gasteiger partial charge is 0.432 e. The van der Waals surface area contributed by atoms with Gasteiger partial charge in [0, 0.05) is 11.8 Å². The van der Waals surface area contributed by atoms with E-state index in [2.05, 4.69) is 4.98 Å². The summed E-state index contributed by atoms with van der Waals surface area (Å²) in [6.07, 6.45) is 6.22. The quantitative estimate of drug-likeness (QED) is 0.540. The first-order valence-corrected chi connectivity index (χ1v) is 6.09. The van der Waals surface area contributed by atoms with Crippen molar-refractivity contribution in [2.45, 2.75) is 6.92 Å². The Balaban J connectivity index is 2.24. The summed E-state index contributed by atoms with van der Waals surface area (Å²) in [5, 5.41) is 0. The number of nitrogens with zero attached hydrogens (tertiary/aromatic N) is 2. The second kappa shape index (κ2) is 4.77. The van der Waals surface area contributed by atoms with Gasteiger partial charge < -0.3 is 4.42 Å². The van der Waals surface area contributed by atoms with Crippen LogP contribution in [0.3, 0.4) is 0 Å². The number of imidazole rings is 1. The van der Waals surface area contributed by atoms with Crippen LogP contribution in [0.2, 0.25) is 0 Å². The Morgan fingerprint density at radius 1 is 1.35 bits per heavy atom. The summed E-state index contributed by atoms with van der Waals surface area (Å²) in [6, 6.07) is 5.84. The molecule has 5 heteroatoms. The summed E-state index contributed by atoms with van der Waals surface area (Å²) in [7, 11) is 0. The number of benzene rings is 1. The summed E-state index contributed by atoms with van der Waals surface area (Å²) in [6.45, 7) is 1.77. The van der Waals surface area contributed by atoms with Crippen molar-refractivity contribution in [1.29, 1.82) is 0 Å². The van der Waals surface area contributed by atoms with Gasteiger partial charge in [-0.3, -0.25) is 9.20 Å². The fourth-order valence-electron chi connectivity index (χ4n) is 2.06. The van der Waals surface area contributed by atoms with Crippen LogP contribution in [0.5, 0.6) is 0 Å². The predicted octanol–water partition coefficient (Wildman–Crippen LogP) is 3.49. The lowest BCUT2D eigenvalue weighted by Crippen LogP contribution is -2.01. The second-order valence-electron chi connectivity index (χ2n) is 4.24. The van der Waals surface area contributed by atoms with Gasteiger partial charge in [0.25, 0.3) is 0 Å². The molecule has 0 amide bonds. The van der Waals surface area contributed by atoms with Gasteiger partial charge in [-0.1, -0.05) is 6.08 Å². The van der Waals surface area contributed by atoms with E-state index in [4.69, 9.17) is 4.42 Å². The molecule has 4 nitrogen and oxygen atoms in total.